The summed E-state index contributed by atoms with van der Waals surface area (Å²) in [6.45, 7) is 4.32. The second-order valence-corrected chi connectivity index (χ2v) is 5.76. The number of nitrogens with one attached hydrogen (secondary N) is 1. The molecule has 0 aromatic carbocycles. The predicted molar refractivity (Wildman–Crippen MR) is 72.4 cm³/mol. The van der Waals surface area contributed by atoms with Crippen molar-refractivity contribution in [1.29, 1.82) is 0 Å². The number of hydrogen-bond donors (Lipinski definition) is 1. The van der Waals surface area contributed by atoms with Crippen LogP contribution < -0.4 is 5.32 Å². The summed E-state index contributed by atoms with van der Waals surface area (Å²) in [5, 5.41) is 3.38. The molecular weight excluding hydrogens is 222 g/mol. The van der Waals surface area contributed by atoms with Crippen LogP contribution in [0.5, 0.6) is 0 Å². The molecule has 1 aliphatic carbocycles. The fourth-order valence-corrected chi connectivity index (χ4v) is 3.34. The lowest BCUT2D eigenvalue weighted by Gasteiger charge is -2.28. The van der Waals surface area contributed by atoms with Gasteiger partial charge in [0.15, 0.2) is 0 Å². The molecule has 2 heterocycles. The Labute approximate surface area is 109 Å². The average Bonchev–Trinajstić information content (AvgIpc) is 2.47. The molecule has 0 bridgehead atoms. The molecular formula is C15H23N3. The molecule has 2 aliphatic rings. The van der Waals surface area contributed by atoms with Gasteiger partial charge in [-0.2, -0.15) is 0 Å². The molecule has 0 amide bonds. The summed E-state index contributed by atoms with van der Waals surface area (Å²) in [4.78, 5) is 9.49. The van der Waals surface area contributed by atoms with E-state index in [1.807, 2.05) is 0 Å². The third kappa shape index (κ3) is 2.41. The third-order valence-corrected chi connectivity index (χ3v) is 4.55. The largest absolute Gasteiger partial charge is 0.312 e. The molecule has 2 unspecified atom stereocenters. The molecule has 0 spiro atoms. The number of aromatic nitrogens is 2. The Bertz CT molecular complexity index is 416. The van der Waals surface area contributed by atoms with Crippen LogP contribution in [0.25, 0.3) is 0 Å². The lowest BCUT2D eigenvalue weighted by atomic mass is 9.80. The molecule has 3 heteroatoms. The minimum atomic E-state index is 0.615. The van der Waals surface area contributed by atoms with Crippen LogP contribution >= 0.6 is 0 Å². The zero-order chi connectivity index (χ0) is 12.4. The van der Waals surface area contributed by atoms with E-state index >= 15 is 0 Å². The molecule has 1 aromatic rings. The van der Waals surface area contributed by atoms with Crippen molar-refractivity contribution in [3.63, 3.8) is 0 Å². The summed E-state index contributed by atoms with van der Waals surface area (Å²) in [7, 11) is 0. The van der Waals surface area contributed by atoms with Crippen molar-refractivity contribution in [2.75, 3.05) is 6.54 Å². The molecule has 1 aliphatic heterocycles. The second kappa shape index (κ2) is 5.35. The zero-order valence-corrected chi connectivity index (χ0v) is 11.3. The molecule has 1 aromatic heterocycles. The molecule has 2 atom stereocenters. The predicted octanol–water partition coefficient (Wildman–Crippen LogP) is 2.81. The van der Waals surface area contributed by atoms with Gasteiger partial charge in [-0.15, -0.1) is 0 Å². The van der Waals surface area contributed by atoms with Crippen LogP contribution in [-0.4, -0.2) is 16.5 Å². The van der Waals surface area contributed by atoms with Crippen LogP contribution in [-0.2, 0) is 13.0 Å². The first-order chi connectivity index (χ1) is 8.86. The number of fused-ring (bicyclic) bond motifs is 1. The summed E-state index contributed by atoms with van der Waals surface area (Å²) in [5.74, 6) is 2.63. The highest BCUT2D eigenvalue weighted by atomic mass is 14.9. The highest BCUT2D eigenvalue weighted by molar-refractivity contribution is 5.21. The summed E-state index contributed by atoms with van der Waals surface area (Å²) in [5.41, 5.74) is 2.59. The lowest BCUT2D eigenvalue weighted by Crippen LogP contribution is -2.26. The van der Waals surface area contributed by atoms with Gasteiger partial charge in [0.05, 0.1) is 0 Å². The molecule has 3 rings (SSSR count). The second-order valence-electron chi connectivity index (χ2n) is 5.76. The molecule has 0 radical (unpaired) electrons. The molecule has 1 N–H and O–H groups in total. The van der Waals surface area contributed by atoms with Gasteiger partial charge in [-0.25, -0.2) is 9.97 Å². The van der Waals surface area contributed by atoms with E-state index in [0.29, 0.717) is 5.92 Å². The molecule has 1 saturated carbocycles. The summed E-state index contributed by atoms with van der Waals surface area (Å²) in [6, 6.07) is 0. The summed E-state index contributed by atoms with van der Waals surface area (Å²) < 4.78 is 0. The van der Waals surface area contributed by atoms with Gasteiger partial charge in [0, 0.05) is 42.9 Å². The minimum Gasteiger partial charge on any atom is -0.312 e. The van der Waals surface area contributed by atoms with Gasteiger partial charge >= 0.3 is 0 Å². The molecule has 0 saturated heterocycles. The fourth-order valence-electron chi connectivity index (χ4n) is 3.34. The number of hydrogen-bond acceptors (Lipinski definition) is 3. The monoisotopic (exact) mass is 245 g/mol. The fraction of sp³-hybridized carbons (Fsp3) is 0.733. The van der Waals surface area contributed by atoms with E-state index in [0.717, 1.165) is 31.3 Å². The van der Waals surface area contributed by atoms with Crippen molar-refractivity contribution in [3.05, 3.63) is 23.3 Å². The Morgan fingerprint density at radius 1 is 1.39 bits per heavy atom. The topological polar surface area (TPSA) is 37.8 Å². The number of rotatable bonds is 2. The van der Waals surface area contributed by atoms with Crippen molar-refractivity contribution >= 4 is 0 Å². The quantitative estimate of drug-likeness (QED) is 0.870. The first-order valence-electron chi connectivity index (χ1n) is 7.42. The first kappa shape index (κ1) is 12.1. The Morgan fingerprint density at radius 2 is 2.33 bits per heavy atom. The highest BCUT2D eigenvalue weighted by Gasteiger charge is 2.25. The maximum Gasteiger partial charge on any atom is 0.131 e. The van der Waals surface area contributed by atoms with E-state index in [-0.39, 0.29) is 0 Å². The van der Waals surface area contributed by atoms with Crippen molar-refractivity contribution < 1.29 is 0 Å². The van der Waals surface area contributed by atoms with Crippen LogP contribution in [0.3, 0.4) is 0 Å². The van der Waals surface area contributed by atoms with Crippen LogP contribution in [0, 0.1) is 5.92 Å². The average molecular weight is 245 g/mol. The van der Waals surface area contributed by atoms with Crippen LogP contribution in [0.1, 0.15) is 62.0 Å². The van der Waals surface area contributed by atoms with Crippen LogP contribution in [0.15, 0.2) is 6.20 Å². The van der Waals surface area contributed by atoms with E-state index in [1.54, 1.807) is 0 Å². The minimum absolute atomic E-state index is 0.615. The maximum absolute atomic E-state index is 4.85. The Hall–Kier alpha value is -0.960. The SMILES string of the molecule is CCC1CCCC(c2ncc3c(n2)CCNC3)C1. The molecule has 18 heavy (non-hydrogen) atoms. The zero-order valence-electron chi connectivity index (χ0n) is 11.3. The highest BCUT2D eigenvalue weighted by Crippen LogP contribution is 2.36. The number of nitrogens with zero attached hydrogens (tertiary/aromatic N) is 2. The summed E-state index contributed by atoms with van der Waals surface area (Å²) in [6.07, 6.45) is 9.77. The van der Waals surface area contributed by atoms with E-state index in [4.69, 9.17) is 4.98 Å². The maximum atomic E-state index is 4.85. The Kier molecular flexibility index (Phi) is 3.59. The third-order valence-electron chi connectivity index (χ3n) is 4.55. The van der Waals surface area contributed by atoms with Crippen LogP contribution in [0.4, 0.5) is 0 Å². The van der Waals surface area contributed by atoms with Crippen molar-refractivity contribution in [2.45, 2.75) is 57.9 Å². The summed E-state index contributed by atoms with van der Waals surface area (Å²) >= 11 is 0. The Balaban J connectivity index is 1.79. The molecule has 1 fully saturated rings. The Morgan fingerprint density at radius 3 is 3.22 bits per heavy atom. The van der Waals surface area contributed by atoms with Crippen molar-refractivity contribution in [3.8, 4) is 0 Å². The van der Waals surface area contributed by atoms with Gasteiger partial charge in [-0.3, -0.25) is 0 Å². The van der Waals surface area contributed by atoms with Gasteiger partial charge in [0.1, 0.15) is 5.82 Å². The van der Waals surface area contributed by atoms with Gasteiger partial charge in [0.25, 0.3) is 0 Å². The molecule has 3 nitrogen and oxygen atoms in total. The standard InChI is InChI=1S/C15H23N3/c1-2-11-4-3-5-12(8-11)15-17-10-13-9-16-7-6-14(13)18-15/h10-12,16H,2-9H2,1H3. The normalized spacial score (nSPS) is 27.8. The van der Waals surface area contributed by atoms with Crippen LogP contribution in [0.2, 0.25) is 0 Å². The van der Waals surface area contributed by atoms with E-state index in [2.05, 4.69) is 23.4 Å². The lowest BCUT2D eigenvalue weighted by molar-refractivity contribution is 0.306. The van der Waals surface area contributed by atoms with Gasteiger partial charge in [-0.1, -0.05) is 26.2 Å². The molecule has 98 valence electrons. The van der Waals surface area contributed by atoms with Crippen molar-refractivity contribution in [2.24, 2.45) is 5.92 Å². The van der Waals surface area contributed by atoms with E-state index in [1.165, 1.54) is 43.4 Å². The van der Waals surface area contributed by atoms with Gasteiger partial charge < -0.3 is 5.32 Å². The van der Waals surface area contributed by atoms with Crippen molar-refractivity contribution in [1.82, 2.24) is 15.3 Å². The van der Waals surface area contributed by atoms with E-state index < -0.39 is 0 Å². The van der Waals surface area contributed by atoms with Gasteiger partial charge in [-0.05, 0) is 18.8 Å². The smallest absolute Gasteiger partial charge is 0.131 e. The van der Waals surface area contributed by atoms with Gasteiger partial charge in [0.2, 0.25) is 0 Å². The van der Waals surface area contributed by atoms with E-state index in [9.17, 15) is 0 Å². The first-order valence-corrected chi connectivity index (χ1v) is 7.42.